The Balaban J connectivity index is 1.74. The second kappa shape index (κ2) is 8.84. The summed E-state index contributed by atoms with van der Waals surface area (Å²) in [5.74, 6) is 0.359. The molecule has 1 N–H and O–H groups in total. The Kier molecular flexibility index (Phi) is 6.46. The van der Waals surface area contributed by atoms with Crippen molar-refractivity contribution in [1.82, 2.24) is 0 Å². The van der Waals surface area contributed by atoms with Crippen molar-refractivity contribution < 1.29 is 17.9 Å². The van der Waals surface area contributed by atoms with Gasteiger partial charge in [-0.25, -0.2) is 8.42 Å². The predicted octanol–water partition coefficient (Wildman–Crippen LogP) is 3.81. The van der Waals surface area contributed by atoms with Crippen LogP contribution in [0.15, 0.2) is 47.4 Å². The van der Waals surface area contributed by atoms with E-state index in [2.05, 4.69) is 9.62 Å². The number of rotatable bonds is 7. The fraction of sp³-hybridized carbons (Fsp3) is 0.429. The Bertz CT molecular complexity index is 889. The smallest absolute Gasteiger partial charge is 0.265 e. The van der Waals surface area contributed by atoms with Gasteiger partial charge in [0, 0.05) is 31.6 Å². The maximum absolute atomic E-state index is 12.9. The molecule has 0 atom stereocenters. The van der Waals surface area contributed by atoms with Crippen molar-refractivity contribution >= 4 is 21.4 Å². The Morgan fingerprint density at radius 2 is 1.79 bits per heavy atom. The lowest BCUT2D eigenvalue weighted by Gasteiger charge is -2.33. The standard InChI is InChI=1S/C21H28N2O4S/c1-4-27-20-10-5-16(2)15-21(20)28(24,25)22-17-6-8-18(9-7-17)23-13-11-19(26-3)12-14-23/h5-10,15,19,22H,4,11-14H2,1-3H3. The molecule has 0 bridgehead atoms. The van der Waals surface area contributed by atoms with E-state index in [4.69, 9.17) is 9.47 Å². The van der Waals surface area contributed by atoms with Gasteiger partial charge in [-0.3, -0.25) is 4.72 Å². The van der Waals surface area contributed by atoms with Crippen LogP contribution in [0.1, 0.15) is 25.3 Å². The Hall–Kier alpha value is -2.25. The third kappa shape index (κ3) is 4.77. The molecule has 0 saturated carbocycles. The second-order valence-corrected chi connectivity index (χ2v) is 8.61. The SMILES string of the molecule is CCOc1ccc(C)cc1S(=O)(=O)Nc1ccc(N2CCC(OC)CC2)cc1. The normalized spacial score (nSPS) is 15.5. The summed E-state index contributed by atoms with van der Waals surface area (Å²) in [6.07, 6.45) is 2.33. The zero-order valence-corrected chi connectivity index (χ0v) is 17.5. The molecule has 152 valence electrons. The molecule has 1 aliphatic heterocycles. The zero-order valence-electron chi connectivity index (χ0n) is 16.6. The summed E-state index contributed by atoms with van der Waals surface area (Å²) >= 11 is 0. The molecule has 1 fully saturated rings. The van der Waals surface area contributed by atoms with E-state index in [0.717, 1.165) is 37.2 Å². The zero-order chi connectivity index (χ0) is 20.1. The van der Waals surface area contributed by atoms with Crippen molar-refractivity contribution in [2.24, 2.45) is 0 Å². The molecule has 2 aromatic carbocycles. The number of sulfonamides is 1. The molecule has 0 amide bonds. The molecule has 0 unspecified atom stereocenters. The van der Waals surface area contributed by atoms with Crippen molar-refractivity contribution in [3.63, 3.8) is 0 Å². The van der Waals surface area contributed by atoms with Crippen molar-refractivity contribution in [2.45, 2.75) is 37.7 Å². The molecule has 0 aliphatic carbocycles. The molecule has 0 spiro atoms. The maximum atomic E-state index is 12.9. The lowest BCUT2D eigenvalue weighted by molar-refractivity contribution is 0.0819. The van der Waals surface area contributed by atoms with E-state index in [9.17, 15) is 8.42 Å². The topological polar surface area (TPSA) is 67.9 Å². The van der Waals surface area contributed by atoms with Gasteiger partial charge in [0.05, 0.1) is 12.7 Å². The van der Waals surface area contributed by atoms with E-state index in [0.29, 0.717) is 24.1 Å². The first-order chi connectivity index (χ1) is 13.4. The summed E-state index contributed by atoms with van der Waals surface area (Å²) in [6.45, 7) is 5.96. The van der Waals surface area contributed by atoms with E-state index in [1.165, 1.54) is 0 Å². The molecule has 7 heteroatoms. The third-order valence-electron chi connectivity index (χ3n) is 4.95. The summed E-state index contributed by atoms with van der Waals surface area (Å²) in [5, 5.41) is 0. The van der Waals surface area contributed by atoms with Gasteiger partial charge in [0.1, 0.15) is 10.6 Å². The summed E-state index contributed by atoms with van der Waals surface area (Å²) in [6, 6.07) is 12.7. The minimum Gasteiger partial charge on any atom is -0.492 e. The highest BCUT2D eigenvalue weighted by Gasteiger charge is 2.21. The number of aryl methyl sites for hydroxylation is 1. The molecule has 1 aliphatic rings. The van der Waals surface area contributed by atoms with Crippen LogP contribution in [0, 0.1) is 6.92 Å². The molecule has 1 saturated heterocycles. The minimum absolute atomic E-state index is 0.153. The van der Waals surface area contributed by atoms with Crippen molar-refractivity contribution in [1.29, 1.82) is 0 Å². The van der Waals surface area contributed by atoms with Gasteiger partial charge in [0.2, 0.25) is 0 Å². The number of anilines is 2. The first kappa shape index (κ1) is 20.5. The number of ether oxygens (including phenoxy) is 2. The molecule has 0 radical (unpaired) electrons. The highest BCUT2D eigenvalue weighted by Crippen LogP contribution is 2.28. The Labute approximate surface area is 167 Å². The van der Waals surface area contributed by atoms with Gasteiger partial charge in [-0.1, -0.05) is 6.07 Å². The summed E-state index contributed by atoms with van der Waals surface area (Å²) < 4.78 is 39.3. The maximum Gasteiger partial charge on any atom is 0.265 e. The van der Waals surface area contributed by atoms with Crippen LogP contribution in [0.3, 0.4) is 0 Å². The van der Waals surface area contributed by atoms with Crippen LogP contribution in [0.2, 0.25) is 0 Å². The van der Waals surface area contributed by atoms with Crippen molar-refractivity contribution in [3.05, 3.63) is 48.0 Å². The van der Waals surface area contributed by atoms with E-state index in [1.807, 2.05) is 32.0 Å². The largest absolute Gasteiger partial charge is 0.492 e. The summed E-state index contributed by atoms with van der Waals surface area (Å²) in [5.41, 5.74) is 2.47. The first-order valence-electron chi connectivity index (χ1n) is 9.57. The third-order valence-corrected chi connectivity index (χ3v) is 6.35. The quantitative estimate of drug-likeness (QED) is 0.760. The molecule has 1 heterocycles. The van der Waals surface area contributed by atoms with Crippen LogP contribution >= 0.6 is 0 Å². The first-order valence-corrected chi connectivity index (χ1v) is 11.1. The summed E-state index contributed by atoms with van der Waals surface area (Å²) in [7, 11) is -1.99. The van der Waals surface area contributed by atoms with Gasteiger partial charge in [-0.15, -0.1) is 0 Å². The number of hydrogen-bond acceptors (Lipinski definition) is 5. The van der Waals surface area contributed by atoms with E-state index < -0.39 is 10.0 Å². The number of hydrogen-bond donors (Lipinski definition) is 1. The monoisotopic (exact) mass is 404 g/mol. The van der Waals surface area contributed by atoms with Crippen LogP contribution in [-0.2, 0) is 14.8 Å². The van der Waals surface area contributed by atoms with Gasteiger partial charge in [0.15, 0.2) is 0 Å². The van der Waals surface area contributed by atoms with Crippen molar-refractivity contribution in [2.75, 3.05) is 36.4 Å². The van der Waals surface area contributed by atoms with Gasteiger partial charge in [0.25, 0.3) is 10.0 Å². The molecule has 28 heavy (non-hydrogen) atoms. The van der Waals surface area contributed by atoms with E-state index >= 15 is 0 Å². The van der Waals surface area contributed by atoms with Gasteiger partial charge >= 0.3 is 0 Å². The minimum atomic E-state index is -3.74. The summed E-state index contributed by atoms with van der Waals surface area (Å²) in [4.78, 5) is 2.45. The molecular formula is C21H28N2O4S. The number of nitrogens with zero attached hydrogens (tertiary/aromatic N) is 1. The molecule has 0 aromatic heterocycles. The Morgan fingerprint density at radius 1 is 1.11 bits per heavy atom. The Morgan fingerprint density at radius 3 is 2.39 bits per heavy atom. The number of piperidine rings is 1. The van der Waals surface area contributed by atoms with Crippen LogP contribution in [-0.4, -0.2) is 41.3 Å². The van der Waals surface area contributed by atoms with E-state index in [1.54, 1.807) is 31.4 Å². The lowest BCUT2D eigenvalue weighted by atomic mass is 10.1. The predicted molar refractivity (Wildman–Crippen MR) is 112 cm³/mol. The molecular weight excluding hydrogens is 376 g/mol. The van der Waals surface area contributed by atoms with Crippen molar-refractivity contribution in [3.8, 4) is 5.75 Å². The number of nitrogens with one attached hydrogen (secondary N) is 1. The fourth-order valence-electron chi connectivity index (χ4n) is 3.40. The van der Waals surface area contributed by atoms with Gasteiger partial charge in [-0.2, -0.15) is 0 Å². The highest BCUT2D eigenvalue weighted by atomic mass is 32.2. The van der Waals surface area contributed by atoms with Gasteiger partial charge in [-0.05, 0) is 68.7 Å². The van der Waals surface area contributed by atoms with E-state index in [-0.39, 0.29) is 4.90 Å². The molecule has 3 rings (SSSR count). The average Bonchev–Trinajstić information content (AvgIpc) is 2.70. The lowest BCUT2D eigenvalue weighted by Crippen LogP contribution is -2.36. The second-order valence-electron chi connectivity index (χ2n) is 6.96. The highest BCUT2D eigenvalue weighted by molar-refractivity contribution is 7.92. The number of benzene rings is 2. The molecule has 2 aromatic rings. The average molecular weight is 405 g/mol. The fourth-order valence-corrected chi connectivity index (χ4v) is 4.69. The van der Waals surface area contributed by atoms with Crippen LogP contribution < -0.4 is 14.4 Å². The van der Waals surface area contributed by atoms with Crippen LogP contribution in [0.5, 0.6) is 5.75 Å². The number of methoxy groups -OCH3 is 1. The van der Waals surface area contributed by atoms with Gasteiger partial charge < -0.3 is 14.4 Å². The molecule has 6 nitrogen and oxygen atoms in total. The van der Waals surface area contributed by atoms with Crippen LogP contribution in [0.4, 0.5) is 11.4 Å². The van der Waals surface area contributed by atoms with Crippen LogP contribution in [0.25, 0.3) is 0 Å².